The van der Waals surface area contributed by atoms with E-state index in [0.717, 1.165) is 36.8 Å². The first-order valence-corrected chi connectivity index (χ1v) is 5.83. The lowest BCUT2D eigenvalue weighted by molar-refractivity contribution is -0.274. The van der Waals surface area contributed by atoms with Gasteiger partial charge in [0, 0.05) is 0 Å². The van der Waals surface area contributed by atoms with Crippen LogP contribution in [0.4, 0.5) is 13.2 Å². The third-order valence-electron chi connectivity index (χ3n) is 2.59. The molecule has 0 aliphatic heterocycles. The molecule has 1 rings (SSSR count). The SMILES string of the molecule is CCCCc1cc(OC(F)(F)F)ccc1CC. The van der Waals surface area contributed by atoms with E-state index in [1.807, 2.05) is 6.92 Å². The quantitative estimate of drug-likeness (QED) is 0.743. The second-order valence-corrected chi connectivity index (χ2v) is 3.94. The van der Waals surface area contributed by atoms with Crippen molar-refractivity contribution in [2.75, 3.05) is 0 Å². The van der Waals surface area contributed by atoms with Crippen LogP contribution in [0.25, 0.3) is 0 Å². The average molecular weight is 246 g/mol. The van der Waals surface area contributed by atoms with Crippen molar-refractivity contribution >= 4 is 0 Å². The van der Waals surface area contributed by atoms with Gasteiger partial charge in [-0.15, -0.1) is 13.2 Å². The van der Waals surface area contributed by atoms with Gasteiger partial charge in [-0.2, -0.15) is 0 Å². The number of hydrogen-bond acceptors (Lipinski definition) is 1. The molecule has 0 N–H and O–H groups in total. The van der Waals surface area contributed by atoms with E-state index in [9.17, 15) is 13.2 Å². The molecule has 0 fully saturated rings. The van der Waals surface area contributed by atoms with Crippen molar-refractivity contribution in [1.82, 2.24) is 0 Å². The molecule has 0 saturated carbocycles. The lowest BCUT2D eigenvalue weighted by Gasteiger charge is -2.12. The van der Waals surface area contributed by atoms with Crippen LogP contribution in [-0.4, -0.2) is 6.36 Å². The summed E-state index contributed by atoms with van der Waals surface area (Å²) in [5.74, 6) is -0.124. The van der Waals surface area contributed by atoms with Crippen LogP contribution in [-0.2, 0) is 12.8 Å². The molecular formula is C13H17F3O. The predicted molar refractivity (Wildman–Crippen MR) is 61.1 cm³/mol. The molecule has 1 aromatic carbocycles. The monoisotopic (exact) mass is 246 g/mol. The van der Waals surface area contributed by atoms with Crippen LogP contribution < -0.4 is 4.74 Å². The molecule has 0 aliphatic carbocycles. The zero-order valence-electron chi connectivity index (χ0n) is 10.1. The van der Waals surface area contributed by atoms with Crippen molar-refractivity contribution in [3.05, 3.63) is 29.3 Å². The van der Waals surface area contributed by atoms with Crippen LogP contribution in [0, 0.1) is 0 Å². The lowest BCUT2D eigenvalue weighted by atomic mass is 10.00. The minimum atomic E-state index is -4.62. The smallest absolute Gasteiger partial charge is 0.406 e. The fraction of sp³-hybridized carbons (Fsp3) is 0.538. The second kappa shape index (κ2) is 5.94. The molecule has 0 aliphatic rings. The van der Waals surface area contributed by atoms with Crippen molar-refractivity contribution in [2.24, 2.45) is 0 Å². The van der Waals surface area contributed by atoms with Gasteiger partial charge >= 0.3 is 6.36 Å². The predicted octanol–water partition coefficient (Wildman–Crippen LogP) is 4.49. The standard InChI is InChI=1S/C13H17F3O/c1-3-5-6-11-9-12(17-13(14,15)16)8-7-10(11)4-2/h7-9H,3-6H2,1-2H3. The van der Waals surface area contributed by atoms with Crippen molar-refractivity contribution < 1.29 is 17.9 Å². The van der Waals surface area contributed by atoms with E-state index >= 15 is 0 Å². The van der Waals surface area contributed by atoms with E-state index in [0.29, 0.717) is 0 Å². The summed E-state index contributed by atoms with van der Waals surface area (Å²) in [5.41, 5.74) is 2.05. The van der Waals surface area contributed by atoms with Crippen LogP contribution >= 0.6 is 0 Å². The van der Waals surface area contributed by atoms with E-state index in [4.69, 9.17) is 0 Å². The molecule has 1 nitrogen and oxygen atoms in total. The van der Waals surface area contributed by atoms with Crippen molar-refractivity contribution in [3.8, 4) is 5.75 Å². The number of hydrogen-bond donors (Lipinski definition) is 0. The highest BCUT2D eigenvalue weighted by atomic mass is 19.4. The first kappa shape index (κ1) is 13.9. The third-order valence-corrected chi connectivity index (χ3v) is 2.59. The van der Waals surface area contributed by atoms with Crippen LogP contribution in [0.2, 0.25) is 0 Å². The maximum absolute atomic E-state index is 12.1. The largest absolute Gasteiger partial charge is 0.573 e. The Morgan fingerprint density at radius 2 is 1.82 bits per heavy atom. The van der Waals surface area contributed by atoms with Crippen LogP contribution in [0.5, 0.6) is 5.75 Å². The molecule has 17 heavy (non-hydrogen) atoms. The Hall–Kier alpha value is -1.19. The van der Waals surface area contributed by atoms with Crippen molar-refractivity contribution in [1.29, 1.82) is 0 Å². The van der Waals surface area contributed by atoms with Gasteiger partial charge in [0.2, 0.25) is 0 Å². The average Bonchev–Trinajstić information content (AvgIpc) is 2.24. The molecule has 1 aromatic rings. The van der Waals surface area contributed by atoms with E-state index in [1.54, 1.807) is 6.07 Å². The fourth-order valence-corrected chi connectivity index (χ4v) is 1.74. The van der Waals surface area contributed by atoms with Gasteiger partial charge in [0.05, 0.1) is 0 Å². The molecule has 96 valence electrons. The Bertz CT molecular complexity index is 358. The molecule has 0 atom stereocenters. The zero-order chi connectivity index (χ0) is 12.9. The van der Waals surface area contributed by atoms with Gasteiger partial charge < -0.3 is 4.74 Å². The Morgan fingerprint density at radius 1 is 1.12 bits per heavy atom. The molecule has 0 bridgehead atoms. The van der Waals surface area contributed by atoms with Crippen molar-refractivity contribution in [3.63, 3.8) is 0 Å². The maximum atomic E-state index is 12.1. The number of alkyl halides is 3. The van der Waals surface area contributed by atoms with Gasteiger partial charge in [-0.25, -0.2) is 0 Å². The zero-order valence-corrected chi connectivity index (χ0v) is 10.1. The summed E-state index contributed by atoms with van der Waals surface area (Å²) >= 11 is 0. The van der Waals surface area contributed by atoms with Gasteiger partial charge in [-0.1, -0.05) is 26.3 Å². The number of halogens is 3. The normalized spacial score (nSPS) is 11.6. The topological polar surface area (TPSA) is 9.23 Å². The van der Waals surface area contributed by atoms with Crippen LogP contribution in [0.15, 0.2) is 18.2 Å². The highest BCUT2D eigenvalue weighted by molar-refractivity contribution is 5.36. The molecule has 0 spiro atoms. The second-order valence-electron chi connectivity index (χ2n) is 3.94. The molecule has 0 radical (unpaired) electrons. The molecular weight excluding hydrogens is 229 g/mol. The Kier molecular flexibility index (Phi) is 4.85. The summed E-state index contributed by atoms with van der Waals surface area (Å²) in [6.45, 7) is 4.05. The highest BCUT2D eigenvalue weighted by Crippen LogP contribution is 2.26. The summed E-state index contributed by atoms with van der Waals surface area (Å²) in [4.78, 5) is 0. The maximum Gasteiger partial charge on any atom is 0.573 e. The Labute approximate surface area is 99.6 Å². The molecule has 0 heterocycles. The number of benzene rings is 1. The third kappa shape index (κ3) is 4.67. The molecule has 0 saturated heterocycles. The van der Waals surface area contributed by atoms with Gasteiger partial charge in [0.15, 0.2) is 0 Å². The van der Waals surface area contributed by atoms with E-state index in [-0.39, 0.29) is 5.75 Å². The first-order chi connectivity index (χ1) is 7.96. The summed E-state index contributed by atoms with van der Waals surface area (Å²) in [5, 5.41) is 0. The van der Waals surface area contributed by atoms with E-state index < -0.39 is 6.36 Å². The van der Waals surface area contributed by atoms with Gasteiger partial charge in [0.25, 0.3) is 0 Å². The van der Waals surface area contributed by atoms with Crippen molar-refractivity contribution in [2.45, 2.75) is 45.9 Å². The minimum Gasteiger partial charge on any atom is -0.406 e. The fourth-order valence-electron chi connectivity index (χ4n) is 1.74. The summed E-state index contributed by atoms with van der Waals surface area (Å²) < 4.78 is 40.2. The minimum absolute atomic E-state index is 0.124. The number of aryl methyl sites for hydroxylation is 2. The lowest BCUT2D eigenvalue weighted by Crippen LogP contribution is -2.17. The number of unbranched alkanes of at least 4 members (excludes halogenated alkanes) is 1. The molecule has 0 unspecified atom stereocenters. The van der Waals surface area contributed by atoms with Gasteiger partial charge in [-0.3, -0.25) is 0 Å². The highest BCUT2D eigenvalue weighted by Gasteiger charge is 2.31. The Balaban J connectivity index is 2.88. The molecule has 0 amide bonds. The number of rotatable bonds is 5. The number of ether oxygens (including phenoxy) is 1. The first-order valence-electron chi connectivity index (χ1n) is 5.83. The van der Waals surface area contributed by atoms with Crippen LogP contribution in [0.1, 0.15) is 37.8 Å². The van der Waals surface area contributed by atoms with Crippen LogP contribution in [0.3, 0.4) is 0 Å². The van der Waals surface area contributed by atoms with Gasteiger partial charge in [0.1, 0.15) is 5.75 Å². The summed E-state index contributed by atoms with van der Waals surface area (Å²) in [6.07, 6.45) is -0.994. The van der Waals surface area contributed by atoms with Gasteiger partial charge in [-0.05, 0) is 42.5 Å². The molecule has 0 aromatic heterocycles. The summed E-state index contributed by atoms with van der Waals surface area (Å²) in [7, 11) is 0. The van der Waals surface area contributed by atoms with E-state index in [1.165, 1.54) is 12.1 Å². The Morgan fingerprint density at radius 3 is 2.35 bits per heavy atom. The molecule has 4 heteroatoms. The van der Waals surface area contributed by atoms with E-state index in [2.05, 4.69) is 11.7 Å². The summed E-state index contributed by atoms with van der Waals surface area (Å²) in [6, 6.07) is 4.59.